The summed E-state index contributed by atoms with van der Waals surface area (Å²) in [5.41, 5.74) is 1.19. The van der Waals surface area contributed by atoms with Gasteiger partial charge in [-0.25, -0.2) is 8.42 Å². The van der Waals surface area contributed by atoms with E-state index < -0.39 is 9.84 Å². The molecular weight excluding hydrogens is 336 g/mol. The Hall–Kier alpha value is -1.11. The molecule has 0 bridgehead atoms. The first kappa shape index (κ1) is 18.7. The van der Waals surface area contributed by atoms with E-state index in [4.69, 9.17) is 4.74 Å². The zero-order chi connectivity index (χ0) is 18.0. The van der Waals surface area contributed by atoms with Gasteiger partial charge in [-0.1, -0.05) is 19.1 Å². The quantitative estimate of drug-likeness (QED) is 0.772. The van der Waals surface area contributed by atoms with Crippen LogP contribution in [-0.4, -0.2) is 67.5 Å². The number of hydrogen-bond donors (Lipinski definition) is 0. The van der Waals surface area contributed by atoms with Crippen molar-refractivity contribution in [1.29, 1.82) is 0 Å². The van der Waals surface area contributed by atoms with Crippen LogP contribution in [0.2, 0.25) is 0 Å². The van der Waals surface area contributed by atoms with E-state index in [0.29, 0.717) is 11.5 Å². The average molecular weight is 367 g/mol. The molecule has 0 radical (unpaired) electrons. The highest BCUT2D eigenvalue weighted by Gasteiger charge is 2.46. The van der Waals surface area contributed by atoms with Crippen molar-refractivity contribution in [2.75, 3.05) is 31.1 Å². The third-order valence-electron chi connectivity index (χ3n) is 5.07. The van der Waals surface area contributed by atoms with Crippen LogP contribution < -0.4 is 4.74 Å². The second-order valence-corrected chi connectivity index (χ2v) is 9.69. The molecule has 2 heterocycles. The van der Waals surface area contributed by atoms with Gasteiger partial charge in [0.15, 0.2) is 9.84 Å². The fourth-order valence-electron chi connectivity index (χ4n) is 4.08. The zero-order valence-corrected chi connectivity index (χ0v) is 16.3. The molecule has 25 heavy (non-hydrogen) atoms. The number of rotatable bonds is 6. The SMILES string of the molecule is CCCN1CCN(Cc2cccc(OC(C)C)c2)[C@H]2CS(=O)(=O)C[C@H]21. The molecule has 140 valence electrons. The Bertz CT molecular complexity index is 690. The van der Waals surface area contributed by atoms with Crippen LogP contribution in [0.4, 0.5) is 0 Å². The fraction of sp³-hybridized carbons (Fsp3) is 0.684. The summed E-state index contributed by atoms with van der Waals surface area (Å²) in [5, 5.41) is 0. The van der Waals surface area contributed by atoms with Crippen LogP contribution in [0.15, 0.2) is 24.3 Å². The van der Waals surface area contributed by atoms with Crippen LogP contribution >= 0.6 is 0 Å². The molecule has 0 saturated carbocycles. The number of sulfone groups is 1. The molecule has 0 N–H and O–H groups in total. The molecule has 0 aromatic heterocycles. The number of hydrogen-bond acceptors (Lipinski definition) is 5. The molecule has 2 atom stereocenters. The van der Waals surface area contributed by atoms with Crippen molar-refractivity contribution in [2.24, 2.45) is 0 Å². The minimum absolute atomic E-state index is 0.111. The number of benzene rings is 1. The Morgan fingerprint density at radius 1 is 1.16 bits per heavy atom. The van der Waals surface area contributed by atoms with Gasteiger partial charge in [0.1, 0.15) is 5.75 Å². The van der Waals surface area contributed by atoms with Crippen molar-refractivity contribution in [2.45, 2.75) is 51.9 Å². The Kier molecular flexibility index (Phi) is 5.71. The van der Waals surface area contributed by atoms with Gasteiger partial charge in [-0.3, -0.25) is 9.80 Å². The normalized spacial score (nSPS) is 26.7. The molecule has 2 fully saturated rings. The van der Waals surface area contributed by atoms with Crippen molar-refractivity contribution in [1.82, 2.24) is 9.80 Å². The molecule has 6 heteroatoms. The third-order valence-corrected chi connectivity index (χ3v) is 6.77. The number of ether oxygens (including phenoxy) is 1. The summed E-state index contributed by atoms with van der Waals surface area (Å²) in [6, 6.07) is 8.43. The second kappa shape index (κ2) is 7.64. The van der Waals surface area contributed by atoms with Crippen molar-refractivity contribution in [3.63, 3.8) is 0 Å². The molecule has 0 amide bonds. The maximum Gasteiger partial charge on any atom is 0.153 e. The van der Waals surface area contributed by atoms with E-state index in [1.165, 1.54) is 5.56 Å². The third kappa shape index (κ3) is 4.54. The second-order valence-electron chi connectivity index (χ2n) is 7.53. The van der Waals surface area contributed by atoms with Crippen LogP contribution in [0.1, 0.15) is 32.8 Å². The highest BCUT2D eigenvalue weighted by atomic mass is 32.2. The molecule has 3 rings (SSSR count). The van der Waals surface area contributed by atoms with E-state index in [-0.39, 0.29) is 18.2 Å². The summed E-state index contributed by atoms with van der Waals surface area (Å²) in [6.07, 6.45) is 1.22. The molecule has 2 aliphatic rings. The van der Waals surface area contributed by atoms with Crippen molar-refractivity contribution in [3.05, 3.63) is 29.8 Å². The largest absolute Gasteiger partial charge is 0.491 e. The standard InChI is InChI=1S/C19H30N2O3S/c1-4-8-20-9-10-21(19-14-25(22,23)13-18(19)20)12-16-6-5-7-17(11-16)24-15(2)3/h5-7,11,15,18-19H,4,8-10,12-14H2,1-3H3/t18-,19+/m1/s1. The lowest BCUT2D eigenvalue weighted by atomic mass is 10.0. The van der Waals surface area contributed by atoms with Gasteiger partial charge < -0.3 is 4.74 Å². The Morgan fingerprint density at radius 2 is 1.84 bits per heavy atom. The maximum absolute atomic E-state index is 12.2. The van der Waals surface area contributed by atoms with Crippen molar-refractivity contribution >= 4 is 9.84 Å². The molecule has 0 aliphatic carbocycles. The molecule has 1 aromatic rings. The summed E-state index contributed by atoms with van der Waals surface area (Å²) in [6.45, 7) is 9.85. The summed E-state index contributed by atoms with van der Waals surface area (Å²) in [4.78, 5) is 4.74. The maximum atomic E-state index is 12.2. The van der Waals surface area contributed by atoms with E-state index in [1.807, 2.05) is 26.0 Å². The van der Waals surface area contributed by atoms with Gasteiger partial charge in [0.25, 0.3) is 0 Å². The number of nitrogens with zero attached hydrogens (tertiary/aromatic N) is 2. The fourth-order valence-corrected chi connectivity index (χ4v) is 6.12. The van der Waals surface area contributed by atoms with Crippen LogP contribution in [0.5, 0.6) is 5.75 Å². The molecule has 0 unspecified atom stereocenters. The summed E-state index contributed by atoms with van der Waals surface area (Å²) in [7, 11) is -2.94. The Morgan fingerprint density at radius 3 is 2.52 bits per heavy atom. The van der Waals surface area contributed by atoms with Gasteiger partial charge >= 0.3 is 0 Å². The topological polar surface area (TPSA) is 49.9 Å². The Labute approximate surface area is 151 Å². The molecule has 1 aromatic carbocycles. The molecule has 5 nitrogen and oxygen atoms in total. The van der Waals surface area contributed by atoms with Crippen LogP contribution in [0.3, 0.4) is 0 Å². The lowest BCUT2D eigenvalue weighted by molar-refractivity contribution is 0.0405. The first-order valence-corrected chi connectivity index (χ1v) is 11.1. The monoisotopic (exact) mass is 366 g/mol. The predicted molar refractivity (Wildman–Crippen MR) is 101 cm³/mol. The van der Waals surface area contributed by atoms with Crippen LogP contribution in [-0.2, 0) is 16.4 Å². The highest BCUT2D eigenvalue weighted by molar-refractivity contribution is 7.91. The first-order valence-electron chi connectivity index (χ1n) is 9.32. The Balaban J connectivity index is 1.74. The highest BCUT2D eigenvalue weighted by Crippen LogP contribution is 2.29. The minimum Gasteiger partial charge on any atom is -0.491 e. The van der Waals surface area contributed by atoms with Gasteiger partial charge in [-0.15, -0.1) is 0 Å². The van der Waals surface area contributed by atoms with Crippen molar-refractivity contribution in [3.8, 4) is 5.75 Å². The van der Waals surface area contributed by atoms with Gasteiger partial charge in [-0.05, 0) is 44.5 Å². The van der Waals surface area contributed by atoms with E-state index in [9.17, 15) is 8.42 Å². The lowest BCUT2D eigenvalue weighted by Crippen LogP contribution is -2.58. The van der Waals surface area contributed by atoms with Crippen LogP contribution in [0, 0.1) is 0 Å². The first-order chi connectivity index (χ1) is 11.9. The predicted octanol–water partition coefficient (Wildman–Crippen LogP) is 2.17. The number of piperazine rings is 1. The van der Waals surface area contributed by atoms with E-state index >= 15 is 0 Å². The van der Waals surface area contributed by atoms with Gasteiger partial charge in [-0.2, -0.15) is 0 Å². The lowest BCUT2D eigenvalue weighted by Gasteiger charge is -2.44. The molecule has 0 spiro atoms. The van der Waals surface area contributed by atoms with Crippen LogP contribution in [0.25, 0.3) is 0 Å². The van der Waals surface area contributed by atoms with Gasteiger partial charge in [0.2, 0.25) is 0 Å². The number of fused-ring (bicyclic) bond motifs is 1. The smallest absolute Gasteiger partial charge is 0.153 e. The van der Waals surface area contributed by atoms with E-state index in [1.54, 1.807) is 0 Å². The van der Waals surface area contributed by atoms with E-state index in [2.05, 4.69) is 28.9 Å². The van der Waals surface area contributed by atoms with Crippen molar-refractivity contribution < 1.29 is 13.2 Å². The van der Waals surface area contributed by atoms with Gasteiger partial charge in [0.05, 0.1) is 17.6 Å². The summed E-state index contributed by atoms with van der Waals surface area (Å²) >= 11 is 0. The minimum atomic E-state index is -2.94. The molecular formula is C19H30N2O3S. The summed E-state index contributed by atoms with van der Waals surface area (Å²) in [5.74, 6) is 1.48. The van der Waals surface area contributed by atoms with E-state index in [0.717, 1.165) is 38.3 Å². The average Bonchev–Trinajstić information content (AvgIpc) is 2.85. The molecule has 2 aliphatic heterocycles. The zero-order valence-electron chi connectivity index (χ0n) is 15.5. The molecule has 2 saturated heterocycles. The summed E-state index contributed by atoms with van der Waals surface area (Å²) < 4.78 is 30.3. The van der Waals surface area contributed by atoms with Gasteiger partial charge in [0, 0.05) is 31.7 Å².